The van der Waals surface area contributed by atoms with Crippen LogP contribution in [0.3, 0.4) is 0 Å². The highest BCUT2D eigenvalue weighted by atomic mass is 16.5. The minimum absolute atomic E-state index is 0.189. The van der Waals surface area contributed by atoms with Crippen LogP contribution in [0.4, 0.5) is 5.69 Å². The number of nitrogens with two attached hydrogens (primary N) is 1. The lowest BCUT2D eigenvalue weighted by atomic mass is 9.99. The molecule has 0 heterocycles. The Kier molecular flexibility index (Phi) is 5.98. The molecule has 1 atom stereocenters. The van der Waals surface area contributed by atoms with Crippen LogP contribution in [0.1, 0.15) is 20.3 Å². The Hall–Kier alpha value is -1.59. The van der Waals surface area contributed by atoms with Gasteiger partial charge in [0.1, 0.15) is 12.4 Å². The van der Waals surface area contributed by atoms with Crippen molar-refractivity contribution in [1.82, 2.24) is 4.90 Å². The summed E-state index contributed by atoms with van der Waals surface area (Å²) in [4.78, 5) is 14.0. The molecule has 0 saturated heterocycles. The predicted octanol–water partition coefficient (Wildman–Crippen LogP) is 1.69. The van der Waals surface area contributed by atoms with Gasteiger partial charge in [-0.15, -0.1) is 0 Å². The van der Waals surface area contributed by atoms with Crippen molar-refractivity contribution in [2.24, 2.45) is 5.73 Å². The summed E-state index contributed by atoms with van der Waals surface area (Å²) >= 11 is 0. The van der Waals surface area contributed by atoms with Crippen molar-refractivity contribution in [1.29, 1.82) is 0 Å². The largest absolute Gasteiger partial charge is 0.492 e. The van der Waals surface area contributed by atoms with E-state index < -0.39 is 5.54 Å². The van der Waals surface area contributed by atoms with Crippen LogP contribution in [0.2, 0.25) is 0 Å². The van der Waals surface area contributed by atoms with E-state index >= 15 is 0 Å². The zero-order valence-corrected chi connectivity index (χ0v) is 12.8. The molecule has 5 nitrogen and oxygen atoms in total. The number of benzene rings is 1. The molecule has 3 N–H and O–H groups in total. The molecule has 5 heteroatoms. The number of carbonyl (C=O) groups excluding carboxylic acids is 1. The number of carbonyl (C=O) groups is 1. The summed E-state index contributed by atoms with van der Waals surface area (Å²) in [6.45, 7) is 5.06. The molecule has 1 aromatic rings. The highest BCUT2D eigenvalue weighted by Crippen LogP contribution is 2.18. The smallest absolute Gasteiger partial charge is 0.244 e. The molecule has 1 amide bonds. The van der Waals surface area contributed by atoms with E-state index in [2.05, 4.69) is 5.32 Å². The quantitative estimate of drug-likeness (QED) is 0.797. The molecule has 112 valence electrons. The van der Waals surface area contributed by atoms with Gasteiger partial charge in [-0.1, -0.05) is 13.0 Å². The number of hydrogen-bond donors (Lipinski definition) is 2. The Labute approximate surface area is 121 Å². The van der Waals surface area contributed by atoms with Gasteiger partial charge in [-0.25, -0.2) is 0 Å². The summed E-state index contributed by atoms with van der Waals surface area (Å²) in [6.07, 6.45) is 0.581. The number of ether oxygens (including phenoxy) is 1. The summed E-state index contributed by atoms with van der Waals surface area (Å²) < 4.78 is 5.63. The molecule has 0 fully saturated rings. The van der Waals surface area contributed by atoms with Gasteiger partial charge < -0.3 is 20.7 Å². The number of anilines is 1. The second-order valence-corrected chi connectivity index (χ2v) is 5.40. The van der Waals surface area contributed by atoms with E-state index in [9.17, 15) is 4.79 Å². The molecule has 0 spiro atoms. The minimum atomic E-state index is -0.859. The second kappa shape index (κ2) is 7.26. The van der Waals surface area contributed by atoms with Crippen LogP contribution in [-0.2, 0) is 4.79 Å². The number of amides is 1. The lowest BCUT2D eigenvalue weighted by molar-refractivity contribution is -0.120. The summed E-state index contributed by atoms with van der Waals surface area (Å²) in [5, 5.41) is 2.82. The highest BCUT2D eigenvalue weighted by Gasteiger charge is 2.25. The Morgan fingerprint density at radius 3 is 2.75 bits per heavy atom. The fourth-order valence-corrected chi connectivity index (χ4v) is 1.44. The first kappa shape index (κ1) is 16.5. The van der Waals surface area contributed by atoms with Crippen molar-refractivity contribution in [3.8, 4) is 5.75 Å². The van der Waals surface area contributed by atoms with Crippen LogP contribution in [0, 0.1) is 0 Å². The van der Waals surface area contributed by atoms with Crippen molar-refractivity contribution in [3.63, 3.8) is 0 Å². The van der Waals surface area contributed by atoms with Crippen LogP contribution >= 0.6 is 0 Å². The third-order valence-corrected chi connectivity index (χ3v) is 3.15. The minimum Gasteiger partial charge on any atom is -0.492 e. The molecular weight excluding hydrogens is 254 g/mol. The molecule has 1 aromatic carbocycles. The molecule has 20 heavy (non-hydrogen) atoms. The fraction of sp³-hybridized carbons (Fsp3) is 0.533. The van der Waals surface area contributed by atoms with Crippen LogP contribution < -0.4 is 15.8 Å². The predicted molar refractivity (Wildman–Crippen MR) is 82.0 cm³/mol. The number of nitrogens with zero attached hydrogens (tertiary/aromatic N) is 1. The van der Waals surface area contributed by atoms with Gasteiger partial charge >= 0.3 is 0 Å². The van der Waals surface area contributed by atoms with Gasteiger partial charge in [0.25, 0.3) is 0 Å². The van der Waals surface area contributed by atoms with Gasteiger partial charge in [-0.05, 0) is 39.6 Å². The molecule has 0 aliphatic heterocycles. The molecular formula is C15H25N3O2. The third-order valence-electron chi connectivity index (χ3n) is 3.15. The van der Waals surface area contributed by atoms with E-state index in [0.717, 1.165) is 12.3 Å². The van der Waals surface area contributed by atoms with Crippen molar-refractivity contribution < 1.29 is 9.53 Å². The fourth-order valence-electron chi connectivity index (χ4n) is 1.44. The normalized spacial score (nSPS) is 13.9. The molecule has 0 bridgehead atoms. The topological polar surface area (TPSA) is 67.6 Å². The SMILES string of the molecule is CCC(C)(N)C(=O)Nc1cccc(OCCN(C)C)c1. The molecule has 0 radical (unpaired) electrons. The van der Waals surface area contributed by atoms with E-state index in [4.69, 9.17) is 10.5 Å². The molecule has 0 aliphatic carbocycles. The Morgan fingerprint density at radius 1 is 1.45 bits per heavy atom. The zero-order chi connectivity index (χ0) is 15.2. The van der Waals surface area contributed by atoms with Gasteiger partial charge in [-0.2, -0.15) is 0 Å². The van der Waals surface area contributed by atoms with E-state index in [0.29, 0.717) is 18.7 Å². The first-order chi connectivity index (χ1) is 9.35. The molecule has 1 rings (SSSR count). The van der Waals surface area contributed by atoms with E-state index in [1.54, 1.807) is 13.0 Å². The Morgan fingerprint density at radius 2 is 2.15 bits per heavy atom. The standard InChI is InChI=1S/C15H25N3O2/c1-5-15(2,16)14(19)17-12-7-6-8-13(11-12)20-10-9-18(3)4/h6-8,11H,5,9-10,16H2,1-4H3,(H,17,19). The van der Waals surface area contributed by atoms with Gasteiger partial charge in [-0.3, -0.25) is 4.79 Å². The van der Waals surface area contributed by atoms with Crippen molar-refractivity contribution in [2.45, 2.75) is 25.8 Å². The van der Waals surface area contributed by atoms with Crippen molar-refractivity contribution >= 4 is 11.6 Å². The maximum absolute atomic E-state index is 12.0. The van der Waals surface area contributed by atoms with E-state index in [1.165, 1.54) is 0 Å². The summed E-state index contributed by atoms with van der Waals surface area (Å²) in [5.41, 5.74) is 5.75. The maximum Gasteiger partial charge on any atom is 0.244 e. The van der Waals surface area contributed by atoms with E-state index in [1.807, 2.05) is 44.1 Å². The van der Waals surface area contributed by atoms with Gasteiger partial charge in [0.15, 0.2) is 0 Å². The zero-order valence-electron chi connectivity index (χ0n) is 12.8. The van der Waals surface area contributed by atoms with Crippen LogP contribution in [0.15, 0.2) is 24.3 Å². The molecule has 0 aliphatic rings. The first-order valence-electron chi connectivity index (χ1n) is 6.83. The van der Waals surface area contributed by atoms with E-state index in [-0.39, 0.29) is 5.91 Å². The summed E-state index contributed by atoms with van der Waals surface area (Å²) in [6, 6.07) is 7.34. The highest BCUT2D eigenvalue weighted by molar-refractivity contribution is 5.97. The Balaban J connectivity index is 2.62. The van der Waals surface area contributed by atoms with Crippen LogP contribution in [0.5, 0.6) is 5.75 Å². The molecule has 0 saturated carbocycles. The Bertz CT molecular complexity index is 444. The lowest BCUT2D eigenvalue weighted by Gasteiger charge is -2.21. The summed E-state index contributed by atoms with van der Waals surface area (Å²) in [5.74, 6) is 0.547. The molecule has 1 unspecified atom stereocenters. The number of nitrogens with one attached hydrogen (secondary N) is 1. The van der Waals surface area contributed by atoms with Gasteiger partial charge in [0.05, 0.1) is 5.54 Å². The lowest BCUT2D eigenvalue weighted by Crippen LogP contribution is -2.47. The number of likely N-dealkylation sites (N-methyl/N-ethyl adjacent to an activating group) is 1. The molecule has 0 aromatic heterocycles. The van der Waals surface area contributed by atoms with Crippen molar-refractivity contribution in [2.75, 3.05) is 32.6 Å². The average molecular weight is 279 g/mol. The second-order valence-electron chi connectivity index (χ2n) is 5.40. The maximum atomic E-state index is 12.0. The van der Waals surface area contributed by atoms with Crippen LogP contribution in [-0.4, -0.2) is 43.6 Å². The third kappa shape index (κ3) is 5.19. The summed E-state index contributed by atoms with van der Waals surface area (Å²) in [7, 11) is 3.99. The number of rotatable bonds is 7. The monoisotopic (exact) mass is 279 g/mol. The average Bonchev–Trinajstić information content (AvgIpc) is 2.38. The van der Waals surface area contributed by atoms with Gasteiger partial charge in [0.2, 0.25) is 5.91 Å². The van der Waals surface area contributed by atoms with Gasteiger partial charge in [0, 0.05) is 18.3 Å². The first-order valence-corrected chi connectivity index (χ1v) is 6.83. The van der Waals surface area contributed by atoms with Crippen LogP contribution in [0.25, 0.3) is 0 Å². The van der Waals surface area contributed by atoms with Crippen molar-refractivity contribution in [3.05, 3.63) is 24.3 Å². The number of hydrogen-bond acceptors (Lipinski definition) is 4.